The van der Waals surface area contributed by atoms with E-state index in [1.165, 1.54) is 5.56 Å². The summed E-state index contributed by atoms with van der Waals surface area (Å²) in [5.41, 5.74) is 4.33. The molecule has 0 N–H and O–H groups in total. The van der Waals surface area contributed by atoms with E-state index in [9.17, 15) is 4.79 Å². The summed E-state index contributed by atoms with van der Waals surface area (Å²) in [4.78, 5) is 13.0. The number of aryl methyl sites for hydroxylation is 1. The van der Waals surface area contributed by atoms with Crippen LogP contribution in [0.25, 0.3) is 0 Å². The molecule has 2 unspecified atom stereocenters. The Morgan fingerprint density at radius 1 is 0.967 bits per heavy atom. The van der Waals surface area contributed by atoms with Gasteiger partial charge in [0.2, 0.25) is 0 Å². The van der Waals surface area contributed by atoms with E-state index >= 15 is 0 Å². The van der Waals surface area contributed by atoms with Gasteiger partial charge in [0.05, 0.1) is 19.1 Å². The molecule has 30 heavy (non-hydrogen) atoms. The molecule has 2 atom stereocenters. The highest BCUT2D eigenvalue weighted by Crippen LogP contribution is 2.44. The lowest BCUT2D eigenvalue weighted by Crippen LogP contribution is -2.23. The van der Waals surface area contributed by atoms with Gasteiger partial charge in [0, 0.05) is 11.1 Å². The van der Waals surface area contributed by atoms with E-state index in [2.05, 4.69) is 72.7 Å². The summed E-state index contributed by atoms with van der Waals surface area (Å²) in [6.07, 6.45) is 0.842. The van der Waals surface area contributed by atoms with Crippen molar-refractivity contribution in [2.75, 3.05) is 6.61 Å². The van der Waals surface area contributed by atoms with Gasteiger partial charge < -0.3 is 9.47 Å². The third-order valence-corrected chi connectivity index (χ3v) is 5.72. The first-order valence-electron chi connectivity index (χ1n) is 11.0. The number of benzene rings is 2. The predicted octanol–water partition coefficient (Wildman–Crippen LogP) is 6.35. The molecular formula is C27H36O3. The van der Waals surface area contributed by atoms with E-state index in [-0.39, 0.29) is 28.6 Å². The molecule has 0 amide bonds. The Morgan fingerprint density at radius 3 is 2.07 bits per heavy atom. The Morgan fingerprint density at radius 2 is 1.53 bits per heavy atom. The van der Waals surface area contributed by atoms with E-state index in [1.807, 2.05) is 18.2 Å². The molecule has 1 fully saturated rings. The average molecular weight is 409 g/mol. The van der Waals surface area contributed by atoms with Crippen molar-refractivity contribution in [3.05, 3.63) is 64.7 Å². The maximum absolute atomic E-state index is 13.0. The van der Waals surface area contributed by atoms with Gasteiger partial charge in [-0.3, -0.25) is 4.79 Å². The monoisotopic (exact) mass is 408 g/mol. The van der Waals surface area contributed by atoms with Crippen LogP contribution in [0.2, 0.25) is 0 Å². The highest BCUT2D eigenvalue weighted by Gasteiger charge is 2.45. The fraction of sp³-hybridized carbons (Fsp3) is 0.519. The van der Waals surface area contributed by atoms with Crippen LogP contribution in [-0.2, 0) is 27.0 Å². The topological polar surface area (TPSA) is 35.5 Å². The Labute approximate surface area is 181 Å². The van der Waals surface area contributed by atoms with Crippen LogP contribution in [0.3, 0.4) is 0 Å². The van der Waals surface area contributed by atoms with E-state index < -0.39 is 0 Å². The number of ether oxygens (including phenoxy) is 2. The second kappa shape index (κ2) is 8.55. The molecule has 0 aliphatic heterocycles. The zero-order valence-corrected chi connectivity index (χ0v) is 19.5. The van der Waals surface area contributed by atoms with Crippen LogP contribution in [0.1, 0.15) is 70.2 Å². The smallest absolute Gasteiger partial charge is 0.314 e. The van der Waals surface area contributed by atoms with Crippen LogP contribution in [0, 0.1) is 18.8 Å². The zero-order chi connectivity index (χ0) is 22.1. The van der Waals surface area contributed by atoms with Gasteiger partial charge in [-0.2, -0.15) is 0 Å². The Balaban J connectivity index is 1.69. The van der Waals surface area contributed by atoms with Gasteiger partial charge in [0.1, 0.15) is 5.75 Å². The summed E-state index contributed by atoms with van der Waals surface area (Å²) in [6.45, 7) is 16.3. The van der Waals surface area contributed by atoms with Crippen LogP contribution in [0.15, 0.2) is 42.5 Å². The number of hydrogen-bond acceptors (Lipinski definition) is 3. The third-order valence-electron chi connectivity index (χ3n) is 5.72. The summed E-state index contributed by atoms with van der Waals surface area (Å²) in [5.74, 6) is 0.815. The lowest BCUT2D eigenvalue weighted by atomic mass is 9.78. The largest absolute Gasteiger partial charge is 0.426 e. The number of esters is 1. The van der Waals surface area contributed by atoms with Crippen LogP contribution in [-0.4, -0.2) is 12.6 Å². The van der Waals surface area contributed by atoms with Crippen molar-refractivity contribution < 1.29 is 14.3 Å². The molecule has 0 heterocycles. The number of rotatable bonds is 6. The van der Waals surface area contributed by atoms with Crippen LogP contribution >= 0.6 is 0 Å². The maximum atomic E-state index is 13.0. The van der Waals surface area contributed by atoms with Crippen LogP contribution in [0.5, 0.6) is 5.75 Å². The summed E-state index contributed by atoms with van der Waals surface area (Å²) in [6, 6.07) is 14.4. The average Bonchev–Trinajstić information content (AvgIpc) is 3.41. The number of carbonyl (C=O) groups excluding carboxylic acids is 1. The van der Waals surface area contributed by atoms with Gasteiger partial charge in [0.15, 0.2) is 0 Å². The van der Waals surface area contributed by atoms with Crippen molar-refractivity contribution in [1.29, 1.82) is 0 Å². The van der Waals surface area contributed by atoms with Gasteiger partial charge in [0.25, 0.3) is 0 Å². The van der Waals surface area contributed by atoms with Gasteiger partial charge in [-0.1, -0.05) is 89.6 Å². The van der Waals surface area contributed by atoms with Gasteiger partial charge in [-0.15, -0.1) is 0 Å². The molecule has 1 aliphatic carbocycles. The normalized spacial score (nSPS) is 18.9. The minimum atomic E-state index is -0.122. The Hall–Kier alpha value is -2.13. The Kier molecular flexibility index (Phi) is 6.43. The van der Waals surface area contributed by atoms with Crippen molar-refractivity contribution in [1.82, 2.24) is 0 Å². The predicted molar refractivity (Wildman–Crippen MR) is 122 cm³/mol. The summed E-state index contributed by atoms with van der Waals surface area (Å²) >= 11 is 0. The molecule has 3 nitrogen and oxygen atoms in total. The van der Waals surface area contributed by atoms with E-state index in [4.69, 9.17) is 9.47 Å². The van der Waals surface area contributed by atoms with Gasteiger partial charge in [-0.25, -0.2) is 0 Å². The molecule has 0 spiro atoms. The van der Waals surface area contributed by atoms with Gasteiger partial charge >= 0.3 is 5.97 Å². The fourth-order valence-electron chi connectivity index (χ4n) is 3.80. The van der Waals surface area contributed by atoms with Crippen LogP contribution in [0.4, 0.5) is 0 Å². The molecule has 2 aromatic rings. The molecule has 162 valence electrons. The van der Waals surface area contributed by atoms with Crippen molar-refractivity contribution in [2.24, 2.45) is 11.8 Å². The molecule has 1 saturated carbocycles. The second-order valence-corrected chi connectivity index (χ2v) is 10.7. The molecular weight excluding hydrogens is 372 g/mol. The van der Waals surface area contributed by atoms with Crippen molar-refractivity contribution in [2.45, 2.75) is 72.3 Å². The zero-order valence-electron chi connectivity index (χ0n) is 19.5. The minimum absolute atomic E-state index is 0.0669. The highest BCUT2D eigenvalue weighted by molar-refractivity contribution is 5.79. The van der Waals surface area contributed by atoms with E-state index in [1.54, 1.807) is 0 Å². The van der Waals surface area contributed by atoms with Crippen molar-refractivity contribution in [3.63, 3.8) is 0 Å². The first-order valence-corrected chi connectivity index (χ1v) is 11.0. The van der Waals surface area contributed by atoms with Crippen molar-refractivity contribution in [3.8, 4) is 5.75 Å². The molecule has 2 aromatic carbocycles. The Bertz CT molecular complexity index is 850. The SMILES string of the molecule is Cc1cc(C(C)(C)C)c(OC(=O)C2CC2COCc2ccccc2)c(C(C)(C)C)c1. The van der Waals surface area contributed by atoms with Gasteiger partial charge in [-0.05, 0) is 35.7 Å². The fourth-order valence-corrected chi connectivity index (χ4v) is 3.80. The standard InChI is InChI=1S/C27H36O3/c1-18-13-22(26(2,3)4)24(23(14-18)27(5,6)7)30-25(28)21-15-20(21)17-29-16-19-11-9-8-10-12-19/h8-14,20-21H,15-17H2,1-7H3. The lowest BCUT2D eigenvalue weighted by Gasteiger charge is -2.29. The molecule has 3 rings (SSSR count). The first kappa shape index (κ1) is 22.6. The third kappa shape index (κ3) is 5.51. The molecule has 3 heteroatoms. The molecule has 0 radical (unpaired) electrons. The molecule has 0 saturated heterocycles. The summed E-state index contributed by atoms with van der Waals surface area (Å²) in [5, 5.41) is 0. The second-order valence-electron chi connectivity index (χ2n) is 10.7. The first-order chi connectivity index (χ1) is 14.0. The summed E-state index contributed by atoms with van der Waals surface area (Å²) in [7, 11) is 0. The summed E-state index contributed by atoms with van der Waals surface area (Å²) < 4.78 is 11.9. The minimum Gasteiger partial charge on any atom is -0.426 e. The molecule has 0 bridgehead atoms. The quantitative estimate of drug-likeness (QED) is 0.413. The van der Waals surface area contributed by atoms with E-state index in [0.29, 0.717) is 13.2 Å². The van der Waals surface area contributed by atoms with E-state index in [0.717, 1.165) is 28.9 Å². The number of carbonyl (C=O) groups is 1. The molecule has 1 aliphatic rings. The van der Waals surface area contributed by atoms with Crippen molar-refractivity contribution >= 4 is 5.97 Å². The highest BCUT2D eigenvalue weighted by atomic mass is 16.5. The maximum Gasteiger partial charge on any atom is 0.314 e. The molecule has 0 aromatic heterocycles. The lowest BCUT2D eigenvalue weighted by molar-refractivity contribution is -0.136. The van der Waals surface area contributed by atoms with Crippen LogP contribution < -0.4 is 4.74 Å². The number of hydrogen-bond donors (Lipinski definition) is 0.